The van der Waals surface area contributed by atoms with Crippen LogP contribution in [0.15, 0.2) is 53.7 Å². The lowest BCUT2D eigenvalue weighted by Gasteiger charge is -2.29. The number of rotatable bonds is 3. The predicted octanol–water partition coefficient (Wildman–Crippen LogP) is 2.70. The number of carbonyl (C=O) groups excluding carboxylic acids is 1. The molecule has 2 aromatic carbocycles. The Hall–Kier alpha value is -3.32. The van der Waals surface area contributed by atoms with Crippen LogP contribution in [-0.2, 0) is 11.2 Å². The molecule has 0 aromatic heterocycles. The molecule has 0 spiro atoms. The fourth-order valence-electron chi connectivity index (χ4n) is 3.70. The summed E-state index contributed by atoms with van der Waals surface area (Å²) in [6.45, 7) is 1.39. The first kappa shape index (κ1) is 18.1. The van der Waals surface area contributed by atoms with Crippen LogP contribution in [0.1, 0.15) is 12.5 Å². The van der Waals surface area contributed by atoms with E-state index in [9.17, 15) is 9.90 Å². The number of hydrogen-bond donors (Lipinski definition) is 3. The van der Waals surface area contributed by atoms with Crippen LogP contribution in [0.25, 0.3) is 0 Å². The molecule has 0 bridgehead atoms. The van der Waals surface area contributed by atoms with Crippen LogP contribution >= 0.6 is 0 Å². The number of ketones is 1. The van der Waals surface area contributed by atoms with Crippen molar-refractivity contribution in [2.75, 3.05) is 24.4 Å². The third-order valence-corrected chi connectivity index (χ3v) is 5.12. The normalized spacial score (nSPS) is 23.6. The summed E-state index contributed by atoms with van der Waals surface area (Å²) in [5, 5.41) is 22.9. The molecule has 1 saturated heterocycles. The highest BCUT2D eigenvalue weighted by Gasteiger charge is 2.52. The van der Waals surface area contributed by atoms with Gasteiger partial charge in [-0.05, 0) is 18.6 Å². The minimum atomic E-state index is -1.90. The van der Waals surface area contributed by atoms with E-state index in [0.29, 0.717) is 29.3 Å². The molecular weight excluding hydrogens is 358 g/mol. The number of para-hydroxylation sites is 1. The van der Waals surface area contributed by atoms with Crippen LogP contribution in [0.4, 0.5) is 11.4 Å². The fraction of sp³-hybridized carbons (Fsp3) is 0.238. The number of carbonyl (C=O) groups is 1. The average Bonchev–Trinajstić information content (AvgIpc) is 3.17. The van der Waals surface area contributed by atoms with E-state index < -0.39 is 11.5 Å². The predicted molar refractivity (Wildman–Crippen MR) is 106 cm³/mol. The zero-order valence-corrected chi connectivity index (χ0v) is 15.9. The molecule has 7 nitrogen and oxygen atoms in total. The summed E-state index contributed by atoms with van der Waals surface area (Å²) in [6.07, 6.45) is 0.505. The van der Waals surface area contributed by atoms with Crippen molar-refractivity contribution < 1.29 is 19.4 Å². The second kappa shape index (κ2) is 6.38. The fourth-order valence-corrected chi connectivity index (χ4v) is 3.70. The molecule has 0 radical (unpaired) electrons. The lowest BCUT2D eigenvalue weighted by Crippen LogP contribution is -2.47. The lowest BCUT2D eigenvalue weighted by molar-refractivity contribution is -0.128. The zero-order chi connectivity index (χ0) is 20.1. The van der Waals surface area contributed by atoms with Gasteiger partial charge in [0.1, 0.15) is 17.3 Å². The maximum Gasteiger partial charge on any atom is 0.220 e. The van der Waals surface area contributed by atoms with Gasteiger partial charge in [0, 0.05) is 36.0 Å². The van der Waals surface area contributed by atoms with Gasteiger partial charge in [0.2, 0.25) is 11.5 Å². The number of amidine groups is 1. The summed E-state index contributed by atoms with van der Waals surface area (Å²) in [7, 11) is 3.04. The zero-order valence-electron chi connectivity index (χ0n) is 15.9. The average molecular weight is 379 g/mol. The number of methoxy groups -OCH3 is 2. The lowest BCUT2D eigenvalue weighted by atomic mass is 10.0. The molecule has 2 aromatic rings. The molecule has 4 rings (SSSR count). The van der Waals surface area contributed by atoms with Crippen molar-refractivity contribution in [1.82, 2.24) is 0 Å². The van der Waals surface area contributed by atoms with E-state index >= 15 is 0 Å². The number of nitrogens with one attached hydrogen (secondary N) is 2. The Morgan fingerprint density at radius 1 is 1.14 bits per heavy atom. The second-order valence-electron chi connectivity index (χ2n) is 6.92. The van der Waals surface area contributed by atoms with Crippen LogP contribution in [-0.4, -0.2) is 36.7 Å². The number of aliphatic hydroxyl groups is 1. The van der Waals surface area contributed by atoms with Crippen molar-refractivity contribution >= 4 is 23.0 Å². The molecule has 1 unspecified atom stereocenters. The van der Waals surface area contributed by atoms with E-state index in [1.54, 1.807) is 18.2 Å². The number of allylic oxidation sites excluding steroid dienone is 1. The summed E-state index contributed by atoms with van der Waals surface area (Å²) in [5.41, 5.74) is 1.30. The van der Waals surface area contributed by atoms with E-state index in [1.165, 1.54) is 26.0 Å². The minimum Gasteiger partial charge on any atom is -0.497 e. The van der Waals surface area contributed by atoms with Gasteiger partial charge in [-0.15, -0.1) is 0 Å². The van der Waals surface area contributed by atoms with E-state index in [0.717, 1.165) is 11.3 Å². The molecule has 0 aliphatic carbocycles. The number of fused-ring (bicyclic) bond motifs is 1. The van der Waals surface area contributed by atoms with Gasteiger partial charge in [-0.3, -0.25) is 15.1 Å². The molecule has 0 saturated carbocycles. The molecule has 2 heterocycles. The molecule has 3 N–H and O–H groups in total. The van der Waals surface area contributed by atoms with Crippen molar-refractivity contribution in [3.63, 3.8) is 0 Å². The Balaban J connectivity index is 1.81. The SMILES string of the molecule is COc1cc(OC)cc(N2C(=N)C(=C3Cc4ccccc4N3)C(=O)C2(C)O)c1. The van der Waals surface area contributed by atoms with E-state index in [1.807, 2.05) is 24.3 Å². The molecule has 144 valence electrons. The van der Waals surface area contributed by atoms with Crippen molar-refractivity contribution in [3.05, 3.63) is 59.3 Å². The quantitative estimate of drug-likeness (QED) is 0.710. The Bertz CT molecular complexity index is 977. The number of Topliss-reactive ketones (excluding diaryl/α,β-unsaturated/α-hetero) is 1. The van der Waals surface area contributed by atoms with Gasteiger partial charge in [-0.25, -0.2) is 0 Å². The first-order chi connectivity index (χ1) is 13.4. The van der Waals surface area contributed by atoms with Gasteiger partial charge < -0.3 is 19.9 Å². The van der Waals surface area contributed by atoms with Crippen LogP contribution < -0.4 is 19.7 Å². The maximum absolute atomic E-state index is 13.1. The Labute approximate surface area is 162 Å². The first-order valence-corrected chi connectivity index (χ1v) is 8.84. The van der Waals surface area contributed by atoms with Gasteiger partial charge in [-0.2, -0.15) is 0 Å². The highest BCUT2D eigenvalue weighted by molar-refractivity contribution is 6.36. The third kappa shape index (κ3) is 2.63. The first-order valence-electron chi connectivity index (χ1n) is 8.84. The molecule has 2 aliphatic heterocycles. The molecule has 28 heavy (non-hydrogen) atoms. The largest absolute Gasteiger partial charge is 0.497 e. The van der Waals surface area contributed by atoms with Gasteiger partial charge in [0.05, 0.1) is 25.5 Å². The Morgan fingerprint density at radius 2 is 1.79 bits per heavy atom. The Morgan fingerprint density at radius 3 is 2.39 bits per heavy atom. The van der Waals surface area contributed by atoms with E-state index in [4.69, 9.17) is 14.9 Å². The topological polar surface area (TPSA) is 94.9 Å². The molecule has 7 heteroatoms. The highest BCUT2D eigenvalue weighted by Crippen LogP contribution is 2.40. The van der Waals surface area contributed by atoms with E-state index in [-0.39, 0.29) is 11.4 Å². The van der Waals surface area contributed by atoms with Gasteiger partial charge in [0.15, 0.2) is 0 Å². The molecule has 1 fully saturated rings. The van der Waals surface area contributed by atoms with Crippen molar-refractivity contribution in [2.45, 2.75) is 19.1 Å². The van der Waals surface area contributed by atoms with Crippen molar-refractivity contribution in [2.24, 2.45) is 0 Å². The summed E-state index contributed by atoms with van der Waals surface area (Å²) < 4.78 is 10.6. The van der Waals surface area contributed by atoms with E-state index in [2.05, 4.69) is 5.32 Å². The monoisotopic (exact) mass is 379 g/mol. The highest BCUT2D eigenvalue weighted by atomic mass is 16.5. The van der Waals surface area contributed by atoms with Crippen LogP contribution in [0.5, 0.6) is 11.5 Å². The van der Waals surface area contributed by atoms with Gasteiger partial charge >= 0.3 is 0 Å². The summed E-state index contributed by atoms with van der Waals surface area (Å²) >= 11 is 0. The number of ether oxygens (including phenoxy) is 2. The minimum absolute atomic E-state index is 0.0689. The number of benzene rings is 2. The van der Waals surface area contributed by atoms with Crippen molar-refractivity contribution in [3.8, 4) is 11.5 Å². The van der Waals surface area contributed by atoms with Crippen LogP contribution in [0.3, 0.4) is 0 Å². The molecule has 0 amide bonds. The van der Waals surface area contributed by atoms with Gasteiger partial charge in [0.25, 0.3) is 0 Å². The molecule has 2 aliphatic rings. The summed E-state index contributed by atoms with van der Waals surface area (Å²) in [5.74, 6) is 0.408. The smallest absolute Gasteiger partial charge is 0.220 e. The summed E-state index contributed by atoms with van der Waals surface area (Å²) in [6, 6.07) is 12.7. The van der Waals surface area contributed by atoms with Crippen LogP contribution in [0.2, 0.25) is 0 Å². The Kier molecular flexibility index (Phi) is 4.12. The second-order valence-corrected chi connectivity index (χ2v) is 6.92. The number of anilines is 2. The molecule has 1 atom stereocenters. The van der Waals surface area contributed by atoms with Gasteiger partial charge in [-0.1, -0.05) is 18.2 Å². The molecular formula is C21H21N3O4. The maximum atomic E-state index is 13.1. The number of hydrogen-bond acceptors (Lipinski definition) is 6. The van der Waals surface area contributed by atoms with Crippen molar-refractivity contribution in [1.29, 1.82) is 5.41 Å². The standard InChI is InChI=1S/C21H21N3O4/c1-21(26)19(25)18(17-8-12-6-4-5-7-16(12)23-17)20(22)24(21)13-9-14(27-2)11-15(10-13)28-3/h4-7,9-11,22-23,26H,8H2,1-3H3. The third-order valence-electron chi connectivity index (χ3n) is 5.12. The number of nitrogens with zero attached hydrogens (tertiary/aromatic N) is 1. The van der Waals surface area contributed by atoms with Crippen LogP contribution in [0, 0.1) is 5.41 Å². The summed E-state index contributed by atoms with van der Waals surface area (Å²) in [4.78, 5) is 14.4.